The molecule has 0 saturated carbocycles. The molecule has 1 atom stereocenters. The summed E-state index contributed by atoms with van der Waals surface area (Å²) in [5, 5.41) is 1.53. The molecule has 1 unspecified atom stereocenters. The van der Waals surface area contributed by atoms with Crippen molar-refractivity contribution in [3.8, 4) is 23.0 Å². The molecule has 1 heterocycles. The molecule has 4 aromatic carbocycles. The second kappa shape index (κ2) is 12.9. The monoisotopic (exact) mass is 582 g/mol. The number of carbonyl (C=O) groups is 2. The van der Waals surface area contributed by atoms with E-state index in [1.165, 1.54) is 14.2 Å². The molecule has 0 amide bonds. The Bertz CT molecular complexity index is 1640. The molecule has 8 heteroatoms. The third-order valence-corrected chi connectivity index (χ3v) is 7.41. The van der Waals surface area contributed by atoms with E-state index in [1.807, 2.05) is 84.9 Å². The number of methoxy groups -OCH3 is 3. The van der Waals surface area contributed by atoms with Gasteiger partial charge in [0, 0.05) is 40.3 Å². The first kappa shape index (κ1) is 29.5. The van der Waals surface area contributed by atoms with E-state index in [9.17, 15) is 9.59 Å². The summed E-state index contributed by atoms with van der Waals surface area (Å²) in [6.07, 6.45) is 4.78. The van der Waals surface area contributed by atoms with Gasteiger partial charge in [-0.1, -0.05) is 55.5 Å². The molecule has 1 aliphatic rings. The first-order valence-electron chi connectivity index (χ1n) is 14.1. The molecular weight excluding hydrogens is 548 g/mol. The molecule has 1 aliphatic heterocycles. The van der Waals surface area contributed by atoms with E-state index < -0.39 is 11.6 Å². The van der Waals surface area contributed by atoms with E-state index >= 15 is 0 Å². The van der Waals surface area contributed by atoms with Crippen LogP contribution in [0.1, 0.15) is 46.8 Å². The van der Waals surface area contributed by atoms with Crippen LogP contribution in [-0.2, 0) is 19.9 Å². The number of benzene rings is 4. The van der Waals surface area contributed by atoms with E-state index in [2.05, 4.69) is 0 Å². The predicted octanol–water partition coefficient (Wildman–Crippen LogP) is 6.72. The number of fused-ring (bicyclic) bond motifs is 3. The van der Waals surface area contributed by atoms with Crippen LogP contribution in [0.2, 0.25) is 0 Å². The van der Waals surface area contributed by atoms with Crippen LogP contribution in [0, 0.1) is 0 Å². The van der Waals surface area contributed by atoms with Crippen LogP contribution in [0.5, 0.6) is 23.0 Å². The lowest BCUT2D eigenvalue weighted by Crippen LogP contribution is -2.34. The molecule has 5 rings (SSSR count). The highest BCUT2D eigenvalue weighted by Crippen LogP contribution is 2.49. The van der Waals surface area contributed by atoms with Crippen LogP contribution in [-0.4, -0.2) is 46.5 Å². The van der Waals surface area contributed by atoms with Crippen molar-refractivity contribution in [2.24, 2.45) is 0 Å². The second-order valence-corrected chi connectivity index (χ2v) is 9.89. The van der Waals surface area contributed by atoms with Gasteiger partial charge < -0.3 is 28.4 Å². The maximum Gasteiger partial charge on any atom is 0.342 e. The molecular formula is C35H34O8. The van der Waals surface area contributed by atoms with Gasteiger partial charge in [-0.3, -0.25) is 4.79 Å². The minimum atomic E-state index is -1.04. The number of carbonyl (C=O) groups excluding carboxylic acids is 2. The van der Waals surface area contributed by atoms with Crippen LogP contribution in [0.25, 0.3) is 16.8 Å². The topological polar surface area (TPSA) is 89.5 Å². The maximum absolute atomic E-state index is 13.1. The highest BCUT2D eigenvalue weighted by Gasteiger charge is 2.40. The van der Waals surface area contributed by atoms with Gasteiger partial charge >= 0.3 is 11.9 Å². The third-order valence-electron chi connectivity index (χ3n) is 7.41. The van der Waals surface area contributed by atoms with E-state index in [0.717, 1.165) is 27.6 Å². The molecule has 4 aromatic rings. The minimum absolute atomic E-state index is 0.222. The van der Waals surface area contributed by atoms with Gasteiger partial charge in [-0.2, -0.15) is 0 Å². The van der Waals surface area contributed by atoms with Crippen LogP contribution >= 0.6 is 0 Å². The van der Waals surface area contributed by atoms with Gasteiger partial charge in [0.2, 0.25) is 0 Å². The summed E-state index contributed by atoms with van der Waals surface area (Å²) in [6, 6.07) is 23.0. The zero-order valence-electron chi connectivity index (χ0n) is 24.7. The molecule has 0 fully saturated rings. The van der Waals surface area contributed by atoms with Crippen LogP contribution in [0.3, 0.4) is 0 Å². The zero-order valence-corrected chi connectivity index (χ0v) is 24.7. The van der Waals surface area contributed by atoms with Gasteiger partial charge in [-0.15, -0.1) is 0 Å². The average molecular weight is 583 g/mol. The lowest BCUT2D eigenvalue weighted by molar-refractivity contribution is -0.143. The van der Waals surface area contributed by atoms with Crippen LogP contribution in [0.4, 0.5) is 0 Å². The summed E-state index contributed by atoms with van der Waals surface area (Å²) in [5.41, 5.74) is 1.54. The normalized spacial score (nSPS) is 15.3. The Hall–Kier alpha value is -4.98. The third kappa shape index (κ3) is 5.73. The highest BCUT2D eigenvalue weighted by molar-refractivity contribution is 6.08. The van der Waals surface area contributed by atoms with Crippen molar-refractivity contribution in [2.75, 3.05) is 34.5 Å². The van der Waals surface area contributed by atoms with E-state index in [1.54, 1.807) is 14.0 Å². The molecule has 222 valence electrons. The number of ether oxygens (including phenoxy) is 6. The first-order valence-corrected chi connectivity index (χ1v) is 14.1. The summed E-state index contributed by atoms with van der Waals surface area (Å²) in [6.45, 7) is 2.49. The van der Waals surface area contributed by atoms with Crippen molar-refractivity contribution in [2.45, 2.75) is 25.4 Å². The summed E-state index contributed by atoms with van der Waals surface area (Å²) < 4.78 is 34.3. The number of rotatable bonds is 11. The number of hydrogen-bond donors (Lipinski definition) is 0. The molecule has 0 aliphatic carbocycles. The Balaban J connectivity index is 1.57. The molecule has 0 aromatic heterocycles. The minimum Gasteiger partial charge on any atom is -0.497 e. The maximum atomic E-state index is 13.1. The highest BCUT2D eigenvalue weighted by atomic mass is 16.5. The van der Waals surface area contributed by atoms with Gasteiger partial charge in [0.15, 0.2) is 5.60 Å². The first-order chi connectivity index (χ1) is 20.9. The second-order valence-electron chi connectivity index (χ2n) is 9.89. The van der Waals surface area contributed by atoms with Crippen molar-refractivity contribution < 1.29 is 38.0 Å². The molecule has 0 bridgehead atoms. The standard InChI is InChI=1S/C35H34O8/c1-5-30(36)42-22-8-21-41-26-17-13-24(14-18-26)35(23-11-15-25(38-2)16-12-23)20-19-29-31(34(37)40-4)33(39-3)28-10-7-6-9-27(28)32(29)43-35/h6-7,9-20H,5,8,21-22H2,1-4H3. The van der Waals surface area contributed by atoms with Gasteiger partial charge in [-0.05, 0) is 36.4 Å². The molecule has 8 nitrogen and oxygen atoms in total. The average Bonchev–Trinajstić information content (AvgIpc) is 3.07. The van der Waals surface area contributed by atoms with Crippen molar-refractivity contribution in [3.63, 3.8) is 0 Å². The van der Waals surface area contributed by atoms with Crippen molar-refractivity contribution >= 4 is 28.8 Å². The molecule has 0 N–H and O–H groups in total. The van der Waals surface area contributed by atoms with Gasteiger partial charge in [0.05, 0.1) is 34.5 Å². The molecule has 0 radical (unpaired) electrons. The fraction of sp³-hybridized carbons (Fsp3) is 0.257. The molecule has 0 saturated heterocycles. The number of esters is 2. The van der Waals surface area contributed by atoms with Crippen molar-refractivity contribution in [3.05, 3.63) is 101 Å². The van der Waals surface area contributed by atoms with E-state index in [-0.39, 0.29) is 5.97 Å². The fourth-order valence-corrected chi connectivity index (χ4v) is 5.23. The fourth-order valence-electron chi connectivity index (χ4n) is 5.23. The Morgan fingerprint density at radius 1 is 0.791 bits per heavy atom. The zero-order chi connectivity index (χ0) is 30.4. The Labute approximate surface area is 250 Å². The quantitative estimate of drug-likeness (QED) is 0.142. The Kier molecular flexibility index (Phi) is 8.85. The summed E-state index contributed by atoms with van der Waals surface area (Å²) in [5.74, 6) is 1.62. The predicted molar refractivity (Wildman–Crippen MR) is 163 cm³/mol. The van der Waals surface area contributed by atoms with Gasteiger partial charge in [0.1, 0.15) is 28.6 Å². The van der Waals surface area contributed by atoms with Gasteiger partial charge in [-0.25, -0.2) is 4.79 Å². The van der Waals surface area contributed by atoms with E-state index in [0.29, 0.717) is 54.4 Å². The number of hydrogen-bond acceptors (Lipinski definition) is 8. The molecule has 43 heavy (non-hydrogen) atoms. The SMILES string of the molecule is CCC(=O)OCCCOc1ccc(C2(c3ccc(OC)cc3)C=Cc3c(C(=O)OC)c(OC)c4ccccc4c3O2)cc1. The lowest BCUT2D eigenvalue weighted by Gasteiger charge is -2.37. The molecule has 0 spiro atoms. The Morgan fingerprint density at radius 2 is 1.44 bits per heavy atom. The largest absolute Gasteiger partial charge is 0.497 e. The van der Waals surface area contributed by atoms with E-state index in [4.69, 9.17) is 28.4 Å². The summed E-state index contributed by atoms with van der Waals surface area (Å²) in [7, 11) is 4.51. The Morgan fingerprint density at radius 3 is 2.05 bits per heavy atom. The van der Waals surface area contributed by atoms with Crippen molar-refractivity contribution in [1.29, 1.82) is 0 Å². The van der Waals surface area contributed by atoms with Crippen LogP contribution in [0.15, 0.2) is 78.9 Å². The smallest absolute Gasteiger partial charge is 0.342 e. The van der Waals surface area contributed by atoms with Crippen LogP contribution < -0.4 is 18.9 Å². The summed E-state index contributed by atoms with van der Waals surface area (Å²) >= 11 is 0. The van der Waals surface area contributed by atoms with Gasteiger partial charge in [0.25, 0.3) is 0 Å². The van der Waals surface area contributed by atoms with Crippen molar-refractivity contribution in [1.82, 2.24) is 0 Å². The summed E-state index contributed by atoms with van der Waals surface area (Å²) in [4.78, 5) is 24.4. The lowest BCUT2D eigenvalue weighted by atomic mass is 9.82.